The van der Waals surface area contributed by atoms with Gasteiger partial charge in [0.05, 0.1) is 4.92 Å². The van der Waals surface area contributed by atoms with E-state index in [2.05, 4.69) is 0 Å². The van der Waals surface area contributed by atoms with E-state index in [1.807, 2.05) is 0 Å². The Bertz CT molecular complexity index is 457. The van der Waals surface area contributed by atoms with E-state index < -0.39 is 4.92 Å². The third-order valence-electron chi connectivity index (χ3n) is 2.69. The maximum Gasteiger partial charge on any atom is 0.293 e. The molecule has 1 aromatic rings. The maximum atomic E-state index is 11.5. The normalized spacial score (nSPS) is 15.6. The third-order valence-corrected chi connectivity index (χ3v) is 2.69. The molecule has 1 aliphatic rings. The fourth-order valence-corrected chi connectivity index (χ4v) is 1.91. The summed E-state index contributed by atoms with van der Waals surface area (Å²) in [5.74, 6) is -0.0352. The molecule has 16 heavy (non-hydrogen) atoms. The molecule has 0 bridgehead atoms. The van der Waals surface area contributed by atoms with Crippen LogP contribution in [0.3, 0.4) is 0 Å². The first-order chi connectivity index (χ1) is 7.59. The van der Waals surface area contributed by atoms with Crippen molar-refractivity contribution in [2.45, 2.75) is 19.8 Å². The molecule has 1 amide bonds. The summed E-state index contributed by atoms with van der Waals surface area (Å²) in [6.45, 7) is 2.37. The van der Waals surface area contributed by atoms with Crippen molar-refractivity contribution in [2.24, 2.45) is 0 Å². The molecule has 0 aliphatic carbocycles. The molecule has 84 valence electrons. The first kappa shape index (κ1) is 10.6. The number of aryl methyl sites for hydroxylation is 1. The summed E-state index contributed by atoms with van der Waals surface area (Å²) in [6, 6.07) is 4.94. The Balaban J connectivity index is 2.47. The minimum atomic E-state index is -0.437. The second-order valence-electron chi connectivity index (χ2n) is 3.90. The van der Waals surface area contributed by atoms with Gasteiger partial charge in [0.2, 0.25) is 5.91 Å². The topological polar surface area (TPSA) is 63.5 Å². The fraction of sp³-hybridized carbons (Fsp3) is 0.364. The number of carbonyl (C=O) groups excluding carboxylic acids is 1. The van der Waals surface area contributed by atoms with Gasteiger partial charge in [0.25, 0.3) is 5.69 Å². The molecule has 5 heteroatoms. The van der Waals surface area contributed by atoms with Crippen LogP contribution in [0, 0.1) is 17.0 Å². The van der Waals surface area contributed by atoms with Crippen molar-refractivity contribution in [1.29, 1.82) is 0 Å². The van der Waals surface area contributed by atoms with E-state index in [1.165, 1.54) is 11.0 Å². The van der Waals surface area contributed by atoms with Gasteiger partial charge in [-0.05, 0) is 25.0 Å². The summed E-state index contributed by atoms with van der Waals surface area (Å²) in [7, 11) is 0. The number of rotatable bonds is 2. The molecule has 0 saturated carbocycles. The van der Waals surface area contributed by atoms with Crippen LogP contribution in [-0.2, 0) is 4.79 Å². The van der Waals surface area contributed by atoms with Crippen LogP contribution in [0.2, 0.25) is 0 Å². The lowest BCUT2D eigenvalue weighted by Crippen LogP contribution is -2.24. The number of carbonyl (C=O) groups is 1. The summed E-state index contributed by atoms with van der Waals surface area (Å²) in [5.41, 5.74) is 1.25. The van der Waals surface area contributed by atoms with Crippen molar-refractivity contribution in [3.63, 3.8) is 0 Å². The van der Waals surface area contributed by atoms with E-state index in [-0.39, 0.29) is 11.6 Å². The second kappa shape index (κ2) is 3.92. The van der Waals surface area contributed by atoms with Crippen LogP contribution < -0.4 is 4.90 Å². The van der Waals surface area contributed by atoms with Gasteiger partial charge in [-0.15, -0.1) is 0 Å². The molecule has 1 heterocycles. The molecule has 0 N–H and O–H groups in total. The largest absolute Gasteiger partial charge is 0.306 e. The van der Waals surface area contributed by atoms with Crippen molar-refractivity contribution < 1.29 is 9.72 Å². The van der Waals surface area contributed by atoms with E-state index in [9.17, 15) is 14.9 Å². The van der Waals surface area contributed by atoms with Gasteiger partial charge >= 0.3 is 0 Å². The van der Waals surface area contributed by atoms with E-state index in [1.54, 1.807) is 19.1 Å². The van der Waals surface area contributed by atoms with Gasteiger partial charge in [-0.3, -0.25) is 14.9 Å². The SMILES string of the molecule is Cc1ccc(N2CCCC2=O)c([N+](=O)[O-])c1. The Morgan fingerprint density at radius 1 is 1.44 bits per heavy atom. The number of nitrogens with zero attached hydrogens (tertiary/aromatic N) is 2. The number of nitro benzene ring substituents is 1. The first-order valence-electron chi connectivity index (χ1n) is 5.15. The number of hydrogen-bond donors (Lipinski definition) is 0. The molecule has 5 nitrogen and oxygen atoms in total. The molecule has 0 aromatic heterocycles. The number of nitro groups is 1. The Morgan fingerprint density at radius 2 is 2.19 bits per heavy atom. The summed E-state index contributed by atoms with van der Waals surface area (Å²) in [6.07, 6.45) is 1.24. The minimum Gasteiger partial charge on any atom is -0.306 e. The average Bonchev–Trinajstić information content (AvgIpc) is 2.64. The second-order valence-corrected chi connectivity index (χ2v) is 3.90. The van der Waals surface area contributed by atoms with Gasteiger partial charge in [-0.1, -0.05) is 6.07 Å². The van der Waals surface area contributed by atoms with Crippen LogP contribution in [-0.4, -0.2) is 17.4 Å². The van der Waals surface area contributed by atoms with Crippen molar-refractivity contribution in [2.75, 3.05) is 11.4 Å². The molecule has 0 spiro atoms. The zero-order valence-corrected chi connectivity index (χ0v) is 8.97. The highest BCUT2D eigenvalue weighted by atomic mass is 16.6. The Hall–Kier alpha value is -1.91. The highest BCUT2D eigenvalue weighted by Gasteiger charge is 2.27. The molecular weight excluding hydrogens is 208 g/mol. The lowest BCUT2D eigenvalue weighted by Gasteiger charge is -2.15. The monoisotopic (exact) mass is 220 g/mol. The number of hydrogen-bond acceptors (Lipinski definition) is 3. The van der Waals surface area contributed by atoms with Gasteiger partial charge in [0, 0.05) is 19.0 Å². The van der Waals surface area contributed by atoms with Crippen LogP contribution in [0.4, 0.5) is 11.4 Å². The molecule has 1 aromatic carbocycles. The van der Waals surface area contributed by atoms with E-state index in [0.29, 0.717) is 18.7 Å². The Labute approximate surface area is 92.8 Å². The lowest BCUT2D eigenvalue weighted by molar-refractivity contribution is -0.384. The fourth-order valence-electron chi connectivity index (χ4n) is 1.91. The van der Waals surface area contributed by atoms with Gasteiger partial charge in [0.15, 0.2) is 0 Å². The van der Waals surface area contributed by atoms with E-state index in [4.69, 9.17) is 0 Å². The molecule has 2 rings (SSSR count). The summed E-state index contributed by atoms with van der Waals surface area (Å²) in [4.78, 5) is 23.5. The van der Waals surface area contributed by atoms with E-state index in [0.717, 1.165) is 12.0 Å². The summed E-state index contributed by atoms with van der Waals surface area (Å²) in [5, 5.41) is 10.9. The third kappa shape index (κ3) is 1.76. The van der Waals surface area contributed by atoms with Gasteiger partial charge in [-0.2, -0.15) is 0 Å². The summed E-state index contributed by atoms with van der Waals surface area (Å²) >= 11 is 0. The standard InChI is InChI=1S/C11H12N2O3/c1-8-4-5-9(10(7-8)13(15)16)12-6-2-3-11(12)14/h4-5,7H,2-3,6H2,1H3. The molecule has 0 atom stereocenters. The van der Waals surface area contributed by atoms with E-state index >= 15 is 0 Å². The quantitative estimate of drug-likeness (QED) is 0.565. The molecule has 0 radical (unpaired) electrons. The van der Waals surface area contributed by atoms with Crippen LogP contribution in [0.25, 0.3) is 0 Å². The molecule has 1 saturated heterocycles. The van der Waals surface area contributed by atoms with Gasteiger partial charge < -0.3 is 4.90 Å². The summed E-state index contributed by atoms with van der Waals surface area (Å²) < 4.78 is 0. The average molecular weight is 220 g/mol. The first-order valence-corrected chi connectivity index (χ1v) is 5.15. The van der Waals surface area contributed by atoms with Crippen molar-refractivity contribution >= 4 is 17.3 Å². The smallest absolute Gasteiger partial charge is 0.293 e. The number of anilines is 1. The highest BCUT2D eigenvalue weighted by molar-refractivity contribution is 5.97. The highest BCUT2D eigenvalue weighted by Crippen LogP contribution is 2.31. The van der Waals surface area contributed by atoms with Crippen molar-refractivity contribution in [1.82, 2.24) is 0 Å². The Kier molecular flexibility index (Phi) is 2.60. The molecular formula is C11H12N2O3. The number of amides is 1. The van der Waals surface area contributed by atoms with Crippen LogP contribution in [0.5, 0.6) is 0 Å². The molecule has 0 unspecified atom stereocenters. The zero-order valence-electron chi connectivity index (χ0n) is 8.97. The van der Waals surface area contributed by atoms with Crippen LogP contribution in [0.1, 0.15) is 18.4 Å². The zero-order chi connectivity index (χ0) is 11.7. The van der Waals surface area contributed by atoms with Gasteiger partial charge in [0.1, 0.15) is 5.69 Å². The minimum absolute atomic E-state index is 0.00949. The molecule has 1 aliphatic heterocycles. The van der Waals surface area contributed by atoms with Crippen molar-refractivity contribution in [3.05, 3.63) is 33.9 Å². The van der Waals surface area contributed by atoms with Crippen LogP contribution in [0.15, 0.2) is 18.2 Å². The van der Waals surface area contributed by atoms with Crippen LogP contribution >= 0.6 is 0 Å². The Morgan fingerprint density at radius 3 is 2.75 bits per heavy atom. The maximum absolute atomic E-state index is 11.5. The predicted molar refractivity (Wildman–Crippen MR) is 59.4 cm³/mol. The van der Waals surface area contributed by atoms with Gasteiger partial charge in [-0.25, -0.2) is 0 Å². The molecule has 1 fully saturated rings. The number of benzene rings is 1. The predicted octanol–water partition coefficient (Wildman–Crippen LogP) is 2.03. The van der Waals surface area contributed by atoms with Crippen molar-refractivity contribution in [3.8, 4) is 0 Å². The lowest BCUT2D eigenvalue weighted by atomic mass is 10.2.